The lowest BCUT2D eigenvalue weighted by atomic mass is 10.1. The van der Waals surface area contributed by atoms with Crippen molar-refractivity contribution >= 4 is 26.9 Å². The molecule has 8 nitrogen and oxygen atoms in total. The first-order valence-electron chi connectivity index (χ1n) is 11.2. The lowest BCUT2D eigenvalue weighted by molar-refractivity contribution is 0.0932. The van der Waals surface area contributed by atoms with E-state index in [4.69, 9.17) is 0 Å². The van der Waals surface area contributed by atoms with Crippen LogP contribution in [0.2, 0.25) is 0 Å². The highest BCUT2D eigenvalue weighted by Crippen LogP contribution is 2.19. The van der Waals surface area contributed by atoms with Gasteiger partial charge in [0.1, 0.15) is 0 Å². The monoisotopic (exact) mass is 469 g/mol. The maximum Gasteiger partial charge on any atom is 0.272 e. The Morgan fingerprint density at radius 3 is 2.58 bits per heavy atom. The molecule has 0 spiro atoms. The number of carbonyl (C=O) groups is 1. The summed E-state index contributed by atoms with van der Waals surface area (Å²) in [6, 6.07) is 13.7. The largest absolute Gasteiger partial charge is 0.369 e. The second-order valence-corrected chi connectivity index (χ2v) is 10.7. The van der Waals surface area contributed by atoms with Gasteiger partial charge in [-0.25, -0.2) is 13.4 Å². The normalized spacial score (nSPS) is 16.2. The number of hydrogen-bond donors (Lipinski definition) is 1. The van der Waals surface area contributed by atoms with Gasteiger partial charge in [-0.2, -0.15) is 0 Å². The Kier molecular flexibility index (Phi) is 6.71. The van der Waals surface area contributed by atoms with Gasteiger partial charge in [-0.1, -0.05) is 18.2 Å². The van der Waals surface area contributed by atoms with E-state index in [1.54, 1.807) is 24.4 Å². The smallest absolute Gasteiger partial charge is 0.272 e. The van der Waals surface area contributed by atoms with E-state index in [1.807, 2.05) is 6.92 Å². The van der Waals surface area contributed by atoms with Gasteiger partial charge in [0.05, 0.1) is 5.52 Å². The van der Waals surface area contributed by atoms with Gasteiger partial charge in [-0.3, -0.25) is 14.1 Å². The molecule has 0 saturated carbocycles. The minimum atomic E-state index is -3.56. The van der Waals surface area contributed by atoms with E-state index in [0.29, 0.717) is 5.52 Å². The highest BCUT2D eigenvalue weighted by Gasteiger charge is 2.24. The first-order valence-corrected chi connectivity index (χ1v) is 13.1. The summed E-state index contributed by atoms with van der Waals surface area (Å²) in [5.74, 6) is -0.356. The summed E-state index contributed by atoms with van der Waals surface area (Å²) in [5.41, 5.74) is 3.16. The van der Waals surface area contributed by atoms with Crippen LogP contribution in [-0.4, -0.2) is 73.6 Å². The molecule has 1 amide bonds. The number of amides is 1. The van der Waals surface area contributed by atoms with Crippen molar-refractivity contribution in [2.24, 2.45) is 0 Å². The zero-order valence-corrected chi connectivity index (χ0v) is 20.2. The molecule has 33 heavy (non-hydrogen) atoms. The Bertz CT molecular complexity index is 1250. The third-order valence-electron chi connectivity index (χ3n) is 6.06. The molecule has 2 aromatic heterocycles. The number of pyridine rings is 1. The summed E-state index contributed by atoms with van der Waals surface area (Å²) < 4.78 is 25.6. The number of imidazole rings is 1. The number of rotatable bonds is 7. The van der Waals surface area contributed by atoms with Crippen LogP contribution in [0.1, 0.15) is 29.4 Å². The van der Waals surface area contributed by atoms with E-state index >= 15 is 0 Å². The number of benzene rings is 1. The van der Waals surface area contributed by atoms with E-state index in [-0.39, 0.29) is 22.8 Å². The summed E-state index contributed by atoms with van der Waals surface area (Å²) in [7, 11) is -3.56. The fraction of sp³-hybridized carbons (Fsp3) is 0.417. The van der Waals surface area contributed by atoms with Crippen molar-refractivity contribution in [1.82, 2.24) is 19.6 Å². The van der Waals surface area contributed by atoms with Crippen LogP contribution >= 0.6 is 0 Å². The van der Waals surface area contributed by atoms with E-state index in [0.717, 1.165) is 45.4 Å². The predicted molar refractivity (Wildman–Crippen MR) is 130 cm³/mol. The summed E-state index contributed by atoms with van der Waals surface area (Å²) in [6.45, 7) is 8.91. The Morgan fingerprint density at radius 1 is 1.12 bits per heavy atom. The Balaban J connectivity index is 1.32. The van der Waals surface area contributed by atoms with E-state index in [2.05, 4.69) is 51.3 Å². The molecule has 0 radical (unpaired) electrons. The number of hydrogen-bond acceptors (Lipinski definition) is 6. The minimum Gasteiger partial charge on any atom is -0.369 e. The molecule has 1 saturated heterocycles. The van der Waals surface area contributed by atoms with Crippen molar-refractivity contribution in [3.8, 4) is 0 Å². The quantitative estimate of drug-likeness (QED) is 0.572. The molecule has 1 fully saturated rings. The second-order valence-electron chi connectivity index (χ2n) is 8.80. The number of nitrogens with one attached hydrogen (secondary N) is 1. The van der Waals surface area contributed by atoms with Crippen LogP contribution in [0.5, 0.6) is 0 Å². The second kappa shape index (κ2) is 9.52. The molecule has 1 aliphatic heterocycles. The van der Waals surface area contributed by atoms with Crippen molar-refractivity contribution in [3.63, 3.8) is 0 Å². The van der Waals surface area contributed by atoms with E-state index in [9.17, 15) is 13.2 Å². The Labute approximate surface area is 195 Å². The molecule has 4 rings (SSSR count). The van der Waals surface area contributed by atoms with Crippen LogP contribution in [0.3, 0.4) is 0 Å². The Morgan fingerprint density at radius 2 is 1.88 bits per heavy atom. The van der Waals surface area contributed by atoms with Crippen LogP contribution in [-0.2, 0) is 9.84 Å². The molecule has 1 N–H and O–H groups in total. The van der Waals surface area contributed by atoms with Crippen molar-refractivity contribution in [3.05, 3.63) is 59.9 Å². The third kappa shape index (κ3) is 5.36. The standard InChI is InChI=1S/C24H31N5O3S/c1-18-7-6-8-20(17-18)28-15-13-27(14-16-28)12-10-19(2)25-23(30)22-21-9-4-5-11-29(21)24(26-22)33(3,31)32/h4-9,11,17,19H,10,12-16H2,1-3H3,(H,25,30). The third-order valence-corrected chi connectivity index (χ3v) is 7.01. The topological polar surface area (TPSA) is 87.0 Å². The van der Waals surface area contributed by atoms with E-state index < -0.39 is 9.84 Å². The number of nitrogens with zero attached hydrogens (tertiary/aromatic N) is 4. The van der Waals surface area contributed by atoms with Gasteiger partial charge in [0.2, 0.25) is 15.0 Å². The molecule has 1 atom stereocenters. The number of piperazine rings is 1. The van der Waals surface area contributed by atoms with Gasteiger partial charge in [-0.05, 0) is 50.1 Å². The average molecular weight is 470 g/mol. The van der Waals surface area contributed by atoms with Crippen molar-refractivity contribution < 1.29 is 13.2 Å². The fourth-order valence-corrected chi connectivity index (χ4v) is 5.01. The van der Waals surface area contributed by atoms with Gasteiger partial charge in [-0.15, -0.1) is 0 Å². The SMILES string of the molecule is Cc1cccc(N2CCN(CCC(C)NC(=O)c3nc(S(C)(=O)=O)n4ccccc34)CC2)c1. The van der Waals surface area contributed by atoms with E-state index in [1.165, 1.54) is 15.7 Å². The molecule has 3 aromatic rings. The number of anilines is 1. The van der Waals surface area contributed by atoms with Crippen LogP contribution in [0.25, 0.3) is 5.52 Å². The lowest BCUT2D eigenvalue weighted by Crippen LogP contribution is -2.47. The fourth-order valence-electron chi connectivity index (χ4n) is 4.23. The minimum absolute atomic E-state index is 0.0607. The van der Waals surface area contributed by atoms with Gasteiger partial charge in [0.15, 0.2) is 5.69 Å². The van der Waals surface area contributed by atoms with Gasteiger partial charge in [0, 0.05) is 56.9 Å². The number of aryl methyl sites for hydroxylation is 1. The van der Waals surface area contributed by atoms with Crippen LogP contribution in [0, 0.1) is 6.92 Å². The summed E-state index contributed by atoms with van der Waals surface area (Å²) in [5, 5.41) is 2.86. The number of sulfone groups is 1. The maximum atomic E-state index is 12.9. The number of carbonyl (C=O) groups excluding carboxylic acids is 1. The summed E-state index contributed by atoms with van der Waals surface area (Å²) >= 11 is 0. The molecule has 176 valence electrons. The predicted octanol–water partition coefficient (Wildman–Crippen LogP) is 2.38. The first kappa shape index (κ1) is 23.3. The summed E-state index contributed by atoms with van der Waals surface area (Å²) in [6.07, 6.45) is 3.51. The van der Waals surface area contributed by atoms with Crippen LogP contribution in [0.4, 0.5) is 5.69 Å². The zero-order valence-electron chi connectivity index (χ0n) is 19.4. The lowest BCUT2D eigenvalue weighted by Gasteiger charge is -2.36. The van der Waals surface area contributed by atoms with Crippen LogP contribution in [0.15, 0.2) is 53.8 Å². The maximum absolute atomic E-state index is 12.9. The molecule has 0 bridgehead atoms. The molecular formula is C24H31N5O3S. The highest BCUT2D eigenvalue weighted by molar-refractivity contribution is 7.90. The summed E-state index contributed by atoms with van der Waals surface area (Å²) in [4.78, 5) is 21.9. The molecule has 9 heteroatoms. The van der Waals surface area contributed by atoms with Crippen molar-refractivity contribution in [2.75, 3.05) is 43.9 Å². The molecule has 0 aliphatic carbocycles. The molecule has 1 unspecified atom stereocenters. The molecule has 3 heterocycles. The molecule has 1 aliphatic rings. The number of aromatic nitrogens is 2. The average Bonchev–Trinajstić information content (AvgIpc) is 3.19. The molecule has 1 aromatic carbocycles. The zero-order chi connectivity index (χ0) is 23.6. The van der Waals surface area contributed by atoms with Gasteiger partial charge < -0.3 is 10.2 Å². The number of fused-ring (bicyclic) bond motifs is 1. The van der Waals surface area contributed by atoms with Gasteiger partial charge >= 0.3 is 0 Å². The highest BCUT2D eigenvalue weighted by atomic mass is 32.2. The van der Waals surface area contributed by atoms with Crippen LogP contribution < -0.4 is 10.2 Å². The van der Waals surface area contributed by atoms with Crippen molar-refractivity contribution in [1.29, 1.82) is 0 Å². The molecular weight excluding hydrogens is 438 g/mol. The van der Waals surface area contributed by atoms with Gasteiger partial charge in [0.25, 0.3) is 5.91 Å². The first-order chi connectivity index (χ1) is 15.7. The Hall–Kier alpha value is -2.91. The van der Waals surface area contributed by atoms with Crippen molar-refractivity contribution in [2.45, 2.75) is 31.5 Å².